The van der Waals surface area contributed by atoms with Crippen LogP contribution in [0.2, 0.25) is 5.02 Å². The first-order valence-corrected chi connectivity index (χ1v) is 10.1. The lowest BCUT2D eigenvalue weighted by atomic mass is 9.86. The Balaban J connectivity index is 1.82. The average Bonchev–Trinajstić information content (AvgIpc) is 2.96. The van der Waals surface area contributed by atoms with Crippen LogP contribution in [0.3, 0.4) is 0 Å². The fraction of sp³-hybridized carbons (Fsp3) is 0.304. The fourth-order valence-electron chi connectivity index (χ4n) is 3.97. The number of halogens is 1. The summed E-state index contributed by atoms with van der Waals surface area (Å²) in [6, 6.07) is 12.0. The number of ether oxygens (including phenoxy) is 3. The minimum absolute atomic E-state index is 0.328. The summed E-state index contributed by atoms with van der Waals surface area (Å²) in [5.74, 6) is 0.372. The molecule has 0 saturated carbocycles. The van der Waals surface area contributed by atoms with E-state index in [-0.39, 0.29) is 11.8 Å². The predicted octanol–water partition coefficient (Wildman–Crippen LogP) is 4.25. The van der Waals surface area contributed by atoms with Crippen molar-refractivity contribution in [1.82, 2.24) is 0 Å². The van der Waals surface area contributed by atoms with E-state index in [2.05, 4.69) is 0 Å². The van der Waals surface area contributed by atoms with Crippen LogP contribution in [-0.4, -0.2) is 38.2 Å². The molecule has 1 atom stereocenters. The number of imide groups is 1. The predicted molar refractivity (Wildman–Crippen MR) is 114 cm³/mol. The highest BCUT2D eigenvalue weighted by Gasteiger charge is 2.57. The van der Waals surface area contributed by atoms with Crippen LogP contribution in [0.1, 0.15) is 24.8 Å². The molecule has 2 heterocycles. The molecule has 6 nitrogen and oxygen atoms in total. The van der Waals surface area contributed by atoms with Crippen LogP contribution in [0.15, 0.2) is 48.0 Å². The number of hydrogen-bond donors (Lipinski definition) is 0. The second kappa shape index (κ2) is 8.13. The monoisotopic (exact) mass is 427 g/mol. The summed E-state index contributed by atoms with van der Waals surface area (Å²) in [5.41, 5.74) is 0.241. The van der Waals surface area contributed by atoms with E-state index >= 15 is 0 Å². The van der Waals surface area contributed by atoms with Gasteiger partial charge in [-0.25, -0.2) is 4.90 Å². The van der Waals surface area contributed by atoms with Crippen LogP contribution in [-0.2, 0) is 14.3 Å². The third kappa shape index (κ3) is 3.36. The first-order valence-electron chi connectivity index (χ1n) is 9.73. The van der Waals surface area contributed by atoms with Crippen molar-refractivity contribution in [1.29, 1.82) is 0 Å². The lowest BCUT2D eigenvalue weighted by Gasteiger charge is -2.32. The molecule has 2 saturated heterocycles. The molecule has 1 spiro atoms. The van der Waals surface area contributed by atoms with Crippen molar-refractivity contribution in [2.45, 2.75) is 24.9 Å². The van der Waals surface area contributed by atoms with Gasteiger partial charge in [0.05, 0.1) is 25.5 Å². The van der Waals surface area contributed by atoms with Gasteiger partial charge in [-0.2, -0.15) is 0 Å². The Morgan fingerprint density at radius 2 is 1.77 bits per heavy atom. The van der Waals surface area contributed by atoms with Crippen LogP contribution >= 0.6 is 11.6 Å². The summed E-state index contributed by atoms with van der Waals surface area (Å²) in [6.07, 6.45) is 3.83. The Labute approximate surface area is 180 Å². The van der Waals surface area contributed by atoms with Crippen molar-refractivity contribution in [3.05, 3.63) is 58.6 Å². The summed E-state index contributed by atoms with van der Waals surface area (Å²) >= 11 is 5.98. The van der Waals surface area contributed by atoms with Crippen molar-refractivity contribution in [3.63, 3.8) is 0 Å². The molecule has 1 unspecified atom stereocenters. The molecule has 30 heavy (non-hydrogen) atoms. The number of carbonyl (C=O) groups is 2. The highest BCUT2D eigenvalue weighted by Crippen LogP contribution is 2.43. The lowest BCUT2D eigenvalue weighted by Crippen LogP contribution is -2.45. The van der Waals surface area contributed by atoms with E-state index in [9.17, 15) is 9.59 Å². The minimum Gasteiger partial charge on any atom is -0.493 e. The second-order valence-electron chi connectivity index (χ2n) is 7.23. The van der Waals surface area contributed by atoms with Gasteiger partial charge in [-0.3, -0.25) is 9.59 Å². The first kappa shape index (κ1) is 20.4. The number of methoxy groups -OCH3 is 2. The third-order valence-electron chi connectivity index (χ3n) is 5.49. The van der Waals surface area contributed by atoms with Gasteiger partial charge < -0.3 is 14.2 Å². The molecule has 4 rings (SSSR count). The molecule has 2 fully saturated rings. The van der Waals surface area contributed by atoms with Crippen molar-refractivity contribution in [2.75, 3.05) is 25.7 Å². The quantitative estimate of drug-likeness (QED) is 0.539. The Hall–Kier alpha value is -2.83. The Kier molecular flexibility index (Phi) is 5.54. The molecule has 2 aliphatic heterocycles. The number of anilines is 1. The maximum atomic E-state index is 13.5. The molecule has 156 valence electrons. The Morgan fingerprint density at radius 1 is 1.03 bits per heavy atom. The van der Waals surface area contributed by atoms with Crippen molar-refractivity contribution in [2.24, 2.45) is 0 Å². The van der Waals surface area contributed by atoms with Gasteiger partial charge in [0, 0.05) is 11.6 Å². The van der Waals surface area contributed by atoms with E-state index in [4.69, 9.17) is 25.8 Å². The zero-order chi connectivity index (χ0) is 21.3. The molecule has 0 aromatic heterocycles. The van der Waals surface area contributed by atoms with Gasteiger partial charge in [0.2, 0.25) is 0 Å². The normalized spacial score (nSPS) is 22.8. The van der Waals surface area contributed by atoms with E-state index in [0.29, 0.717) is 40.8 Å². The summed E-state index contributed by atoms with van der Waals surface area (Å²) in [7, 11) is 3.11. The van der Waals surface area contributed by atoms with Crippen LogP contribution in [0.4, 0.5) is 5.69 Å². The van der Waals surface area contributed by atoms with Gasteiger partial charge in [-0.1, -0.05) is 17.7 Å². The number of rotatable bonds is 4. The first-order chi connectivity index (χ1) is 14.5. The van der Waals surface area contributed by atoms with E-state index in [1.165, 1.54) is 4.90 Å². The van der Waals surface area contributed by atoms with Crippen LogP contribution in [0, 0.1) is 0 Å². The SMILES string of the molecule is COc1ccc(/C=C2/C(=O)N(c3ccc(Cl)cc3)C(=O)C23CCCCO3)cc1OC. The van der Waals surface area contributed by atoms with E-state index in [1.807, 2.05) is 6.07 Å². The number of benzene rings is 2. The topological polar surface area (TPSA) is 65.1 Å². The lowest BCUT2D eigenvalue weighted by molar-refractivity contribution is -0.140. The molecule has 0 N–H and O–H groups in total. The van der Waals surface area contributed by atoms with E-state index in [0.717, 1.165) is 18.4 Å². The van der Waals surface area contributed by atoms with Crippen LogP contribution in [0.25, 0.3) is 6.08 Å². The number of hydrogen-bond acceptors (Lipinski definition) is 5. The van der Waals surface area contributed by atoms with E-state index < -0.39 is 5.60 Å². The standard InChI is InChI=1S/C23H22ClNO5/c1-28-19-10-5-15(14-20(19)29-2)13-18-21(26)25(17-8-6-16(24)7-9-17)22(27)23(18)11-3-4-12-30-23/h5-10,13-14H,3-4,11-12H2,1-2H3/b18-13-. The maximum Gasteiger partial charge on any atom is 0.271 e. The molecule has 2 aliphatic rings. The molecule has 2 aromatic carbocycles. The van der Waals surface area contributed by atoms with Gasteiger partial charge in [0.15, 0.2) is 17.1 Å². The highest BCUT2D eigenvalue weighted by atomic mass is 35.5. The molecular weight excluding hydrogens is 406 g/mol. The maximum absolute atomic E-state index is 13.5. The van der Waals surface area contributed by atoms with Gasteiger partial charge in [-0.05, 0) is 67.3 Å². The number of carbonyl (C=O) groups excluding carboxylic acids is 2. The summed E-state index contributed by atoms with van der Waals surface area (Å²) < 4.78 is 16.7. The van der Waals surface area contributed by atoms with Gasteiger partial charge in [-0.15, -0.1) is 0 Å². The largest absolute Gasteiger partial charge is 0.493 e. The number of nitrogens with zero attached hydrogens (tertiary/aromatic N) is 1. The second-order valence-corrected chi connectivity index (χ2v) is 7.66. The highest BCUT2D eigenvalue weighted by molar-refractivity contribution is 6.34. The van der Waals surface area contributed by atoms with E-state index in [1.54, 1.807) is 56.7 Å². The fourth-order valence-corrected chi connectivity index (χ4v) is 4.10. The third-order valence-corrected chi connectivity index (χ3v) is 5.74. The zero-order valence-electron chi connectivity index (χ0n) is 16.8. The van der Waals surface area contributed by atoms with Crippen LogP contribution < -0.4 is 14.4 Å². The summed E-state index contributed by atoms with van der Waals surface area (Å²) in [4.78, 5) is 28.1. The van der Waals surface area contributed by atoms with Crippen molar-refractivity contribution >= 4 is 35.2 Å². The van der Waals surface area contributed by atoms with Crippen molar-refractivity contribution in [3.8, 4) is 11.5 Å². The summed E-state index contributed by atoms with van der Waals surface area (Å²) in [6.45, 7) is 0.427. The zero-order valence-corrected chi connectivity index (χ0v) is 17.6. The minimum atomic E-state index is -1.28. The Morgan fingerprint density at radius 3 is 2.40 bits per heavy atom. The molecule has 0 bridgehead atoms. The molecular formula is C23H22ClNO5. The smallest absolute Gasteiger partial charge is 0.271 e. The Bertz CT molecular complexity index is 1010. The molecule has 2 amide bonds. The van der Waals surface area contributed by atoms with Gasteiger partial charge in [0.25, 0.3) is 11.8 Å². The summed E-state index contributed by atoms with van der Waals surface area (Å²) in [5, 5.41) is 0.530. The van der Waals surface area contributed by atoms with Crippen molar-refractivity contribution < 1.29 is 23.8 Å². The average molecular weight is 428 g/mol. The number of amides is 2. The molecule has 7 heteroatoms. The van der Waals surface area contributed by atoms with Gasteiger partial charge >= 0.3 is 0 Å². The van der Waals surface area contributed by atoms with Crippen LogP contribution in [0.5, 0.6) is 11.5 Å². The molecule has 0 radical (unpaired) electrons. The molecule has 0 aliphatic carbocycles. The molecule has 2 aromatic rings. The van der Waals surface area contributed by atoms with Gasteiger partial charge in [0.1, 0.15) is 0 Å².